The lowest BCUT2D eigenvalue weighted by atomic mass is 9.86. The summed E-state index contributed by atoms with van der Waals surface area (Å²) < 4.78 is 2.12. The number of nitrogens with zero attached hydrogens (tertiary/aromatic N) is 3. The van der Waals surface area contributed by atoms with Crippen LogP contribution < -0.4 is 0 Å². The van der Waals surface area contributed by atoms with E-state index < -0.39 is 0 Å². The number of aliphatic hydroxyl groups is 1. The third-order valence-corrected chi connectivity index (χ3v) is 4.59. The van der Waals surface area contributed by atoms with Crippen molar-refractivity contribution in [1.82, 2.24) is 14.5 Å². The van der Waals surface area contributed by atoms with Crippen LogP contribution in [0.1, 0.15) is 36.4 Å². The Hall–Kier alpha value is -1.65. The molecule has 1 atom stereocenters. The Morgan fingerprint density at radius 1 is 1.27 bits per heavy atom. The van der Waals surface area contributed by atoms with Crippen molar-refractivity contribution in [3.05, 3.63) is 54.1 Å². The number of imidazole rings is 1. The fourth-order valence-electron chi connectivity index (χ4n) is 3.53. The van der Waals surface area contributed by atoms with Crippen LogP contribution in [0.2, 0.25) is 0 Å². The lowest BCUT2D eigenvalue weighted by Crippen LogP contribution is -2.34. The molecule has 0 aliphatic heterocycles. The highest BCUT2D eigenvalue weighted by molar-refractivity contribution is 5.32. The van der Waals surface area contributed by atoms with E-state index >= 15 is 0 Å². The smallest absolute Gasteiger partial charge is 0.0945 e. The van der Waals surface area contributed by atoms with Crippen LogP contribution in [-0.4, -0.2) is 39.3 Å². The summed E-state index contributed by atoms with van der Waals surface area (Å²) in [6, 6.07) is 9.25. The summed E-state index contributed by atoms with van der Waals surface area (Å²) in [4.78, 5) is 6.54. The Morgan fingerprint density at radius 3 is 3.00 bits per heavy atom. The fraction of sp³-hybridized carbons (Fsp3) is 0.500. The SMILES string of the molecule is OCCN(CCCn1ccnc1)C1CCCc2ccccc21. The summed E-state index contributed by atoms with van der Waals surface area (Å²) in [6.45, 7) is 2.97. The highest BCUT2D eigenvalue weighted by Gasteiger charge is 2.24. The molecule has 4 heteroatoms. The van der Waals surface area contributed by atoms with Crippen LogP contribution in [0.4, 0.5) is 0 Å². The van der Waals surface area contributed by atoms with Crippen molar-refractivity contribution in [2.45, 2.75) is 38.3 Å². The van der Waals surface area contributed by atoms with Gasteiger partial charge in [0.25, 0.3) is 0 Å². The molecule has 0 saturated carbocycles. The second-order valence-corrected chi connectivity index (χ2v) is 6.02. The van der Waals surface area contributed by atoms with Gasteiger partial charge in [0.2, 0.25) is 0 Å². The van der Waals surface area contributed by atoms with Crippen LogP contribution in [0.3, 0.4) is 0 Å². The van der Waals surface area contributed by atoms with Crippen LogP contribution in [-0.2, 0) is 13.0 Å². The van der Waals surface area contributed by atoms with Gasteiger partial charge in [-0.15, -0.1) is 0 Å². The standard InChI is InChI=1S/C18H25N3O/c22-14-13-21(11-4-10-20-12-9-19-15-20)18-8-3-6-16-5-1-2-7-17(16)18/h1-2,5,7,9,12,15,18,22H,3-4,6,8,10-11,13-14H2. The topological polar surface area (TPSA) is 41.3 Å². The first-order valence-electron chi connectivity index (χ1n) is 8.27. The summed E-state index contributed by atoms with van der Waals surface area (Å²) in [6.07, 6.45) is 10.4. The number of benzene rings is 1. The molecule has 0 amide bonds. The summed E-state index contributed by atoms with van der Waals surface area (Å²) in [7, 11) is 0. The molecule has 1 aliphatic carbocycles. The van der Waals surface area contributed by atoms with Crippen molar-refractivity contribution in [2.24, 2.45) is 0 Å². The maximum absolute atomic E-state index is 9.44. The van der Waals surface area contributed by atoms with E-state index in [-0.39, 0.29) is 6.61 Å². The van der Waals surface area contributed by atoms with Crippen LogP contribution in [0.25, 0.3) is 0 Å². The third kappa shape index (κ3) is 3.57. The number of aryl methyl sites for hydroxylation is 2. The van der Waals surface area contributed by atoms with E-state index in [2.05, 4.69) is 38.7 Å². The van der Waals surface area contributed by atoms with Gasteiger partial charge in [-0.2, -0.15) is 0 Å². The Morgan fingerprint density at radius 2 is 2.18 bits per heavy atom. The van der Waals surface area contributed by atoms with Gasteiger partial charge in [0.1, 0.15) is 0 Å². The van der Waals surface area contributed by atoms with E-state index in [0.29, 0.717) is 6.04 Å². The van der Waals surface area contributed by atoms with Crippen molar-refractivity contribution < 1.29 is 5.11 Å². The van der Waals surface area contributed by atoms with E-state index in [1.54, 1.807) is 0 Å². The van der Waals surface area contributed by atoms with Crippen molar-refractivity contribution >= 4 is 0 Å². The number of hydrogen-bond donors (Lipinski definition) is 1. The predicted octanol–water partition coefficient (Wildman–Crippen LogP) is 2.65. The van der Waals surface area contributed by atoms with Gasteiger partial charge in [-0.1, -0.05) is 24.3 Å². The molecule has 0 fully saturated rings. The maximum Gasteiger partial charge on any atom is 0.0945 e. The number of fused-ring (bicyclic) bond motifs is 1. The summed E-state index contributed by atoms with van der Waals surface area (Å²) in [5.74, 6) is 0. The van der Waals surface area contributed by atoms with Gasteiger partial charge in [0, 0.05) is 38.1 Å². The summed E-state index contributed by atoms with van der Waals surface area (Å²) >= 11 is 0. The molecular formula is C18H25N3O. The molecule has 22 heavy (non-hydrogen) atoms. The molecule has 0 spiro atoms. The van der Waals surface area contributed by atoms with E-state index in [9.17, 15) is 5.11 Å². The van der Waals surface area contributed by atoms with E-state index in [1.807, 2.05) is 18.7 Å². The lowest BCUT2D eigenvalue weighted by Gasteiger charge is -2.35. The first kappa shape index (κ1) is 15.3. The first-order chi connectivity index (χ1) is 10.9. The average Bonchev–Trinajstić information content (AvgIpc) is 3.07. The normalized spacial score (nSPS) is 17.6. The summed E-state index contributed by atoms with van der Waals surface area (Å²) in [5.41, 5.74) is 2.95. The Balaban J connectivity index is 1.66. The minimum Gasteiger partial charge on any atom is -0.395 e. The van der Waals surface area contributed by atoms with Crippen molar-refractivity contribution in [3.8, 4) is 0 Å². The summed E-state index contributed by atoms with van der Waals surface area (Å²) in [5, 5.41) is 9.44. The number of hydrogen-bond acceptors (Lipinski definition) is 3. The highest BCUT2D eigenvalue weighted by Crippen LogP contribution is 2.34. The van der Waals surface area contributed by atoms with Gasteiger partial charge < -0.3 is 9.67 Å². The zero-order valence-corrected chi connectivity index (χ0v) is 13.1. The largest absolute Gasteiger partial charge is 0.395 e. The predicted molar refractivity (Wildman–Crippen MR) is 87.6 cm³/mol. The molecular weight excluding hydrogens is 274 g/mol. The molecule has 3 rings (SSSR count). The maximum atomic E-state index is 9.44. The van der Waals surface area contributed by atoms with Crippen molar-refractivity contribution in [2.75, 3.05) is 19.7 Å². The first-order valence-corrected chi connectivity index (χ1v) is 8.27. The molecule has 1 aliphatic rings. The number of aliphatic hydroxyl groups excluding tert-OH is 1. The second-order valence-electron chi connectivity index (χ2n) is 6.02. The fourth-order valence-corrected chi connectivity index (χ4v) is 3.53. The molecule has 118 valence electrons. The second kappa shape index (κ2) is 7.56. The van der Waals surface area contributed by atoms with Crippen molar-refractivity contribution in [3.63, 3.8) is 0 Å². The molecule has 1 aromatic heterocycles. The molecule has 2 aromatic rings. The third-order valence-electron chi connectivity index (χ3n) is 4.59. The van der Waals surface area contributed by atoms with Crippen LogP contribution >= 0.6 is 0 Å². The molecule has 1 N–H and O–H groups in total. The van der Waals surface area contributed by atoms with Crippen molar-refractivity contribution in [1.29, 1.82) is 0 Å². The number of rotatable bonds is 7. The Labute approximate surface area is 132 Å². The van der Waals surface area contributed by atoms with Gasteiger partial charge in [0.05, 0.1) is 12.9 Å². The zero-order chi connectivity index (χ0) is 15.2. The highest BCUT2D eigenvalue weighted by atomic mass is 16.3. The van der Waals surface area contributed by atoms with Crippen LogP contribution in [0.5, 0.6) is 0 Å². The van der Waals surface area contributed by atoms with E-state index in [0.717, 1.165) is 26.1 Å². The van der Waals surface area contributed by atoms with Gasteiger partial charge >= 0.3 is 0 Å². The molecule has 0 saturated heterocycles. The molecule has 4 nitrogen and oxygen atoms in total. The van der Waals surface area contributed by atoms with Crippen LogP contribution in [0.15, 0.2) is 43.0 Å². The van der Waals surface area contributed by atoms with E-state index in [4.69, 9.17) is 0 Å². The Bertz CT molecular complexity index is 567. The quantitative estimate of drug-likeness (QED) is 0.854. The monoisotopic (exact) mass is 299 g/mol. The molecule has 1 aromatic carbocycles. The zero-order valence-electron chi connectivity index (χ0n) is 13.1. The van der Waals surface area contributed by atoms with Gasteiger partial charge in [-0.05, 0) is 36.8 Å². The molecule has 1 unspecified atom stereocenters. The van der Waals surface area contributed by atoms with Gasteiger partial charge in [0.15, 0.2) is 0 Å². The molecule has 0 radical (unpaired) electrons. The Kier molecular flexibility index (Phi) is 5.24. The van der Waals surface area contributed by atoms with Crippen LogP contribution in [0, 0.1) is 0 Å². The average molecular weight is 299 g/mol. The minimum absolute atomic E-state index is 0.226. The lowest BCUT2D eigenvalue weighted by molar-refractivity contribution is 0.135. The minimum atomic E-state index is 0.226. The van der Waals surface area contributed by atoms with Gasteiger partial charge in [-0.3, -0.25) is 4.90 Å². The van der Waals surface area contributed by atoms with Gasteiger partial charge in [-0.25, -0.2) is 4.98 Å². The van der Waals surface area contributed by atoms with E-state index in [1.165, 1.54) is 30.4 Å². The number of aromatic nitrogens is 2. The molecule has 1 heterocycles. The molecule has 0 bridgehead atoms.